The number of carbonyl (C=O) groups is 1. The van der Waals surface area contributed by atoms with Gasteiger partial charge in [0.15, 0.2) is 23.1 Å². The van der Waals surface area contributed by atoms with Gasteiger partial charge < -0.3 is 14.8 Å². The van der Waals surface area contributed by atoms with Gasteiger partial charge in [-0.25, -0.2) is 17.2 Å². The number of nitrogens with one attached hydrogen (secondary N) is 1. The molecule has 0 radical (unpaired) electrons. The summed E-state index contributed by atoms with van der Waals surface area (Å²) in [6.07, 6.45) is 0.883. The van der Waals surface area contributed by atoms with Crippen LogP contribution in [-0.4, -0.2) is 46.4 Å². The third kappa shape index (κ3) is 5.59. The number of hydrogen-bond acceptors (Lipinski definition) is 5. The first-order valence-corrected chi connectivity index (χ1v) is 11.2. The van der Waals surface area contributed by atoms with Crippen LogP contribution >= 0.6 is 0 Å². The minimum absolute atomic E-state index is 0.00299. The van der Waals surface area contributed by atoms with Gasteiger partial charge in [0.1, 0.15) is 12.7 Å². The number of sulfonamides is 1. The van der Waals surface area contributed by atoms with Gasteiger partial charge in [-0.15, -0.1) is 0 Å². The second-order valence-electron chi connectivity index (χ2n) is 6.84. The highest BCUT2D eigenvalue weighted by molar-refractivity contribution is 7.92. The van der Waals surface area contributed by atoms with E-state index in [1.54, 1.807) is 12.1 Å². The second kappa shape index (κ2) is 9.29. The number of nitrogens with zero attached hydrogens (tertiary/aromatic N) is 1. The number of halogens is 2. The predicted octanol–water partition coefficient (Wildman–Crippen LogP) is 2.47. The monoisotopic (exact) mass is 440 g/mol. The number of anilines is 1. The summed E-state index contributed by atoms with van der Waals surface area (Å²) in [5.41, 5.74) is 0.00299. The molecule has 0 saturated heterocycles. The number of amides is 1. The first-order chi connectivity index (χ1) is 14.2. The zero-order chi connectivity index (χ0) is 21.7. The van der Waals surface area contributed by atoms with Crippen molar-refractivity contribution >= 4 is 21.6 Å². The second-order valence-corrected chi connectivity index (χ2v) is 8.75. The summed E-state index contributed by atoms with van der Waals surface area (Å²) in [7, 11) is -3.73. The SMILES string of the molecule is CS(=O)(=O)N(CCCC(=O)NC[C@H]1COc2ccccc2O1)c1ccc(F)c(F)c1. The van der Waals surface area contributed by atoms with Crippen LogP contribution in [0.15, 0.2) is 42.5 Å². The van der Waals surface area contributed by atoms with Gasteiger partial charge in [-0.2, -0.15) is 0 Å². The molecule has 30 heavy (non-hydrogen) atoms. The number of benzene rings is 2. The standard InChI is InChI=1S/C20H22F2N2O5S/c1-30(26,27)24(14-8-9-16(21)17(22)11-14)10-4-7-20(25)23-12-15-13-28-18-5-2-3-6-19(18)29-15/h2-3,5-6,8-9,11,15H,4,7,10,12-13H2,1H3,(H,23,25)/t15-/m0/s1. The maximum absolute atomic E-state index is 13.5. The van der Waals surface area contributed by atoms with Crippen LogP contribution in [0.3, 0.4) is 0 Å². The van der Waals surface area contributed by atoms with Gasteiger partial charge in [-0.3, -0.25) is 9.10 Å². The number of ether oxygens (including phenoxy) is 2. The number of para-hydroxylation sites is 2. The molecule has 0 saturated carbocycles. The molecule has 1 amide bonds. The molecule has 162 valence electrons. The van der Waals surface area contributed by atoms with E-state index in [0.29, 0.717) is 18.1 Å². The molecule has 0 bridgehead atoms. The van der Waals surface area contributed by atoms with Crippen molar-refractivity contribution in [2.24, 2.45) is 0 Å². The van der Waals surface area contributed by atoms with Gasteiger partial charge in [0.25, 0.3) is 0 Å². The molecule has 2 aromatic rings. The van der Waals surface area contributed by atoms with E-state index in [9.17, 15) is 22.0 Å². The van der Waals surface area contributed by atoms with Crippen LogP contribution in [0.4, 0.5) is 14.5 Å². The molecule has 0 fully saturated rings. The van der Waals surface area contributed by atoms with Gasteiger partial charge in [0, 0.05) is 19.0 Å². The van der Waals surface area contributed by atoms with E-state index >= 15 is 0 Å². The van der Waals surface area contributed by atoms with Gasteiger partial charge in [-0.05, 0) is 30.7 Å². The van der Waals surface area contributed by atoms with Crippen molar-refractivity contribution < 1.29 is 31.5 Å². The fourth-order valence-electron chi connectivity index (χ4n) is 2.99. The summed E-state index contributed by atoms with van der Waals surface area (Å²) < 4.78 is 62.9. The predicted molar refractivity (Wildman–Crippen MR) is 107 cm³/mol. The lowest BCUT2D eigenvalue weighted by Crippen LogP contribution is -2.41. The van der Waals surface area contributed by atoms with Crippen LogP contribution in [0.5, 0.6) is 11.5 Å². The molecule has 1 atom stereocenters. The molecule has 2 aromatic carbocycles. The fourth-order valence-corrected chi connectivity index (χ4v) is 3.95. The largest absolute Gasteiger partial charge is 0.486 e. The van der Waals surface area contributed by atoms with Crippen molar-refractivity contribution in [3.63, 3.8) is 0 Å². The smallest absolute Gasteiger partial charge is 0.232 e. The van der Waals surface area contributed by atoms with E-state index in [1.165, 1.54) is 6.07 Å². The van der Waals surface area contributed by atoms with E-state index in [4.69, 9.17) is 9.47 Å². The average molecular weight is 440 g/mol. The van der Waals surface area contributed by atoms with E-state index in [1.807, 2.05) is 12.1 Å². The number of hydrogen-bond donors (Lipinski definition) is 1. The van der Waals surface area contributed by atoms with Crippen molar-refractivity contribution in [2.45, 2.75) is 18.9 Å². The molecule has 0 aromatic heterocycles. The highest BCUT2D eigenvalue weighted by Crippen LogP contribution is 2.30. The third-order valence-electron chi connectivity index (χ3n) is 4.45. The van der Waals surface area contributed by atoms with E-state index in [-0.39, 0.29) is 43.6 Å². The lowest BCUT2D eigenvalue weighted by molar-refractivity contribution is -0.121. The Morgan fingerprint density at radius 3 is 2.60 bits per heavy atom. The van der Waals surface area contributed by atoms with Crippen molar-refractivity contribution in [3.05, 3.63) is 54.1 Å². The molecule has 1 N–H and O–H groups in total. The molecular formula is C20H22F2N2O5S. The van der Waals surface area contributed by atoms with Crippen LogP contribution < -0.4 is 19.1 Å². The van der Waals surface area contributed by atoms with E-state index in [2.05, 4.69) is 5.32 Å². The molecule has 1 aliphatic rings. The summed E-state index contributed by atoms with van der Waals surface area (Å²) in [6.45, 7) is 0.495. The van der Waals surface area contributed by atoms with Crippen LogP contribution in [0.25, 0.3) is 0 Å². The van der Waals surface area contributed by atoms with Crippen molar-refractivity contribution in [3.8, 4) is 11.5 Å². The average Bonchev–Trinajstić information content (AvgIpc) is 2.71. The Balaban J connectivity index is 1.48. The minimum Gasteiger partial charge on any atom is -0.486 e. The summed E-state index contributed by atoms with van der Waals surface area (Å²) in [6, 6.07) is 10.1. The topological polar surface area (TPSA) is 84.9 Å². The van der Waals surface area contributed by atoms with Crippen LogP contribution in [0.2, 0.25) is 0 Å². The van der Waals surface area contributed by atoms with Crippen LogP contribution in [0, 0.1) is 11.6 Å². The van der Waals surface area contributed by atoms with Crippen LogP contribution in [-0.2, 0) is 14.8 Å². The molecule has 1 aliphatic heterocycles. The Morgan fingerprint density at radius 1 is 1.17 bits per heavy atom. The third-order valence-corrected chi connectivity index (χ3v) is 5.65. The maximum atomic E-state index is 13.5. The number of fused-ring (bicyclic) bond motifs is 1. The Bertz CT molecular complexity index is 1020. The Morgan fingerprint density at radius 2 is 1.90 bits per heavy atom. The highest BCUT2D eigenvalue weighted by atomic mass is 32.2. The molecule has 1 heterocycles. The highest BCUT2D eigenvalue weighted by Gasteiger charge is 2.22. The van der Waals surface area contributed by atoms with Crippen molar-refractivity contribution in [1.29, 1.82) is 0 Å². The van der Waals surface area contributed by atoms with Crippen LogP contribution in [0.1, 0.15) is 12.8 Å². The number of rotatable bonds is 8. The van der Waals surface area contributed by atoms with E-state index in [0.717, 1.165) is 22.7 Å². The molecule has 0 spiro atoms. The normalized spacial score (nSPS) is 15.5. The molecule has 0 unspecified atom stereocenters. The zero-order valence-electron chi connectivity index (χ0n) is 16.3. The first-order valence-electron chi connectivity index (χ1n) is 9.32. The Hall–Kier alpha value is -2.88. The van der Waals surface area contributed by atoms with Gasteiger partial charge >= 0.3 is 0 Å². The quantitative estimate of drug-likeness (QED) is 0.682. The van der Waals surface area contributed by atoms with Gasteiger partial charge in [0.05, 0.1) is 18.5 Å². The molecule has 10 heteroatoms. The summed E-state index contributed by atoms with van der Waals surface area (Å²) in [5.74, 6) is -1.23. The molecule has 3 rings (SSSR count). The molecule has 7 nitrogen and oxygen atoms in total. The van der Waals surface area contributed by atoms with Gasteiger partial charge in [0.2, 0.25) is 15.9 Å². The first kappa shape index (κ1) is 21.8. The summed E-state index contributed by atoms with van der Waals surface area (Å²) in [4.78, 5) is 12.1. The summed E-state index contributed by atoms with van der Waals surface area (Å²) >= 11 is 0. The lowest BCUT2D eigenvalue weighted by atomic mass is 10.2. The lowest BCUT2D eigenvalue weighted by Gasteiger charge is -2.26. The Labute approximate surface area is 173 Å². The fraction of sp³-hybridized carbons (Fsp3) is 0.350. The molecular weight excluding hydrogens is 418 g/mol. The van der Waals surface area contributed by atoms with Crippen molar-refractivity contribution in [1.82, 2.24) is 5.32 Å². The van der Waals surface area contributed by atoms with Crippen molar-refractivity contribution in [2.75, 3.05) is 30.3 Å². The van der Waals surface area contributed by atoms with Gasteiger partial charge in [-0.1, -0.05) is 12.1 Å². The molecule has 0 aliphatic carbocycles. The Kier molecular flexibility index (Phi) is 6.76. The summed E-state index contributed by atoms with van der Waals surface area (Å²) in [5, 5.41) is 2.73. The zero-order valence-corrected chi connectivity index (χ0v) is 17.1. The van der Waals surface area contributed by atoms with E-state index < -0.39 is 21.7 Å². The maximum Gasteiger partial charge on any atom is 0.232 e. The number of carbonyl (C=O) groups excluding carboxylic acids is 1. The minimum atomic E-state index is -3.73.